The van der Waals surface area contributed by atoms with E-state index in [-0.39, 0.29) is 11.4 Å². The van der Waals surface area contributed by atoms with Gasteiger partial charge in [-0.25, -0.2) is 0 Å². The zero-order chi connectivity index (χ0) is 18.1. The molecule has 1 aliphatic heterocycles. The lowest BCUT2D eigenvalue weighted by Crippen LogP contribution is -2.31. The number of hydrogen-bond donors (Lipinski definition) is 0. The Labute approximate surface area is 149 Å². The van der Waals surface area contributed by atoms with Crippen molar-refractivity contribution in [1.29, 1.82) is 5.26 Å². The largest absolute Gasteiger partial charge is 0.348 e. The quantitative estimate of drug-likeness (QED) is 0.534. The highest BCUT2D eigenvalue weighted by atomic mass is 16.6. The molecule has 0 saturated heterocycles. The van der Waals surface area contributed by atoms with Gasteiger partial charge in [0.1, 0.15) is 6.07 Å². The molecule has 26 heavy (non-hydrogen) atoms. The molecular formula is C18H14N6O2. The van der Waals surface area contributed by atoms with Gasteiger partial charge in [-0.2, -0.15) is 5.26 Å². The number of nitriles is 1. The Morgan fingerprint density at radius 1 is 1.12 bits per heavy atom. The third kappa shape index (κ3) is 2.75. The van der Waals surface area contributed by atoms with E-state index in [1.165, 1.54) is 28.1 Å². The molecule has 3 aromatic rings. The van der Waals surface area contributed by atoms with Crippen LogP contribution < -0.4 is 4.90 Å². The van der Waals surface area contributed by atoms with Gasteiger partial charge in [0, 0.05) is 25.2 Å². The number of benzene rings is 2. The monoisotopic (exact) mass is 346 g/mol. The minimum Gasteiger partial charge on any atom is -0.348 e. The molecule has 0 fully saturated rings. The molecule has 0 atom stereocenters. The predicted molar refractivity (Wildman–Crippen MR) is 93.9 cm³/mol. The first-order valence-corrected chi connectivity index (χ1v) is 8.10. The van der Waals surface area contributed by atoms with Gasteiger partial charge in [-0.3, -0.25) is 10.1 Å². The van der Waals surface area contributed by atoms with Crippen molar-refractivity contribution in [3.05, 3.63) is 75.5 Å². The first-order chi connectivity index (χ1) is 12.7. The van der Waals surface area contributed by atoms with Crippen molar-refractivity contribution >= 4 is 11.5 Å². The molecule has 1 aliphatic rings. The van der Waals surface area contributed by atoms with E-state index in [1.807, 2.05) is 17.0 Å². The highest BCUT2D eigenvalue weighted by Crippen LogP contribution is 2.26. The van der Waals surface area contributed by atoms with Crippen LogP contribution in [0.4, 0.5) is 11.5 Å². The molecule has 4 rings (SSSR count). The molecule has 0 spiro atoms. The number of aromatic nitrogens is 3. The molecule has 0 radical (unpaired) electrons. The van der Waals surface area contributed by atoms with Crippen molar-refractivity contribution in [2.45, 2.75) is 13.0 Å². The van der Waals surface area contributed by atoms with Crippen LogP contribution in [0.1, 0.15) is 16.8 Å². The second-order valence-corrected chi connectivity index (χ2v) is 5.99. The summed E-state index contributed by atoms with van der Waals surface area (Å²) in [6.45, 7) is 1.39. The van der Waals surface area contributed by atoms with Gasteiger partial charge < -0.3 is 4.90 Å². The summed E-state index contributed by atoms with van der Waals surface area (Å²) in [6, 6.07) is 16.3. The summed E-state index contributed by atoms with van der Waals surface area (Å²) >= 11 is 0. The fraction of sp³-hybridized carbons (Fsp3) is 0.167. The Bertz CT molecular complexity index is 1040. The van der Waals surface area contributed by atoms with Gasteiger partial charge >= 0.3 is 0 Å². The van der Waals surface area contributed by atoms with Crippen LogP contribution in [0.5, 0.6) is 0 Å². The summed E-state index contributed by atoms with van der Waals surface area (Å²) in [5.41, 5.74) is 3.10. The summed E-state index contributed by atoms with van der Waals surface area (Å²) in [5, 5.41) is 29.1. The number of rotatable bonds is 3. The molecule has 8 heteroatoms. The summed E-state index contributed by atoms with van der Waals surface area (Å²) in [5.74, 6) is 0.494. The standard InChI is InChI=1S/C18H14N6O2/c19-11-17-18(22-9-8-13-4-1-2-5-14(13)12-22)21-23(20-17)15-6-3-7-16(10-15)24(25)26/h1-7,10H,8-9,12H2. The lowest BCUT2D eigenvalue weighted by Gasteiger charge is -2.28. The molecule has 8 nitrogen and oxygen atoms in total. The summed E-state index contributed by atoms with van der Waals surface area (Å²) in [4.78, 5) is 13.8. The van der Waals surface area contributed by atoms with Gasteiger partial charge in [0.2, 0.25) is 5.69 Å². The Kier molecular flexibility index (Phi) is 3.82. The van der Waals surface area contributed by atoms with E-state index >= 15 is 0 Å². The van der Waals surface area contributed by atoms with Crippen molar-refractivity contribution in [2.75, 3.05) is 11.4 Å². The third-order valence-corrected chi connectivity index (χ3v) is 4.40. The average molecular weight is 346 g/mol. The number of nitro benzene ring substituents is 1. The number of non-ortho nitro benzene ring substituents is 1. The van der Waals surface area contributed by atoms with Crippen molar-refractivity contribution < 1.29 is 4.92 Å². The van der Waals surface area contributed by atoms with Gasteiger partial charge in [0.25, 0.3) is 5.69 Å². The Morgan fingerprint density at radius 2 is 1.92 bits per heavy atom. The van der Waals surface area contributed by atoms with E-state index < -0.39 is 4.92 Å². The average Bonchev–Trinajstić information content (AvgIpc) is 3.12. The highest BCUT2D eigenvalue weighted by molar-refractivity contribution is 5.53. The van der Waals surface area contributed by atoms with E-state index in [2.05, 4.69) is 28.4 Å². The minimum atomic E-state index is -0.472. The number of anilines is 1. The molecule has 1 aromatic heterocycles. The molecule has 0 bridgehead atoms. The molecule has 0 N–H and O–H groups in total. The van der Waals surface area contributed by atoms with Crippen LogP contribution in [0.2, 0.25) is 0 Å². The van der Waals surface area contributed by atoms with Crippen LogP contribution in [0, 0.1) is 21.4 Å². The normalized spacial score (nSPS) is 13.1. The van der Waals surface area contributed by atoms with E-state index in [1.54, 1.807) is 12.1 Å². The maximum absolute atomic E-state index is 11.0. The maximum Gasteiger partial charge on any atom is 0.271 e. The fourth-order valence-electron chi connectivity index (χ4n) is 3.11. The van der Waals surface area contributed by atoms with Crippen LogP contribution in [-0.4, -0.2) is 26.5 Å². The SMILES string of the molecule is N#Cc1nn(-c2cccc([N+](=O)[O-])c2)nc1N1CCc2ccccc2C1. The topological polar surface area (TPSA) is 101 Å². The summed E-state index contributed by atoms with van der Waals surface area (Å²) in [7, 11) is 0. The second-order valence-electron chi connectivity index (χ2n) is 5.99. The van der Waals surface area contributed by atoms with E-state index in [0.717, 1.165) is 13.0 Å². The second kappa shape index (κ2) is 6.29. The third-order valence-electron chi connectivity index (χ3n) is 4.40. The first kappa shape index (κ1) is 15.8. The predicted octanol–water partition coefficient (Wildman–Crippen LogP) is 2.61. The maximum atomic E-state index is 11.0. The molecule has 128 valence electrons. The van der Waals surface area contributed by atoms with Gasteiger partial charge in [0.05, 0.1) is 10.6 Å². The van der Waals surface area contributed by atoms with E-state index in [0.29, 0.717) is 18.1 Å². The van der Waals surface area contributed by atoms with Crippen molar-refractivity contribution in [3.63, 3.8) is 0 Å². The molecule has 0 saturated carbocycles. The Hall–Kier alpha value is -3.73. The van der Waals surface area contributed by atoms with E-state index in [4.69, 9.17) is 0 Å². The lowest BCUT2D eigenvalue weighted by molar-refractivity contribution is -0.384. The smallest absolute Gasteiger partial charge is 0.271 e. The summed E-state index contributed by atoms with van der Waals surface area (Å²) in [6.07, 6.45) is 0.866. The highest BCUT2D eigenvalue weighted by Gasteiger charge is 2.23. The van der Waals surface area contributed by atoms with Crippen LogP contribution in [0.15, 0.2) is 48.5 Å². The van der Waals surface area contributed by atoms with Gasteiger partial charge in [-0.1, -0.05) is 30.3 Å². The van der Waals surface area contributed by atoms with Crippen molar-refractivity contribution in [3.8, 4) is 11.8 Å². The molecule has 0 unspecified atom stereocenters. The molecule has 2 heterocycles. The zero-order valence-corrected chi connectivity index (χ0v) is 13.7. The fourth-order valence-corrected chi connectivity index (χ4v) is 3.11. The first-order valence-electron chi connectivity index (χ1n) is 8.10. The van der Waals surface area contributed by atoms with Crippen molar-refractivity contribution in [2.24, 2.45) is 0 Å². The van der Waals surface area contributed by atoms with Crippen molar-refractivity contribution in [1.82, 2.24) is 15.0 Å². The van der Waals surface area contributed by atoms with Gasteiger partial charge in [-0.15, -0.1) is 15.0 Å². The molecule has 0 amide bonds. The molecular weight excluding hydrogens is 332 g/mol. The van der Waals surface area contributed by atoms with Gasteiger partial charge in [0.15, 0.2) is 5.82 Å². The van der Waals surface area contributed by atoms with Crippen LogP contribution in [-0.2, 0) is 13.0 Å². The minimum absolute atomic E-state index is 0.0493. The lowest BCUT2D eigenvalue weighted by atomic mass is 10.00. The zero-order valence-electron chi connectivity index (χ0n) is 13.7. The number of nitrogens with zero attached hydrogens (tertiary/aromatic N) is 6. The number of nitro groups is 1. The van der Waals surface area contributed by atoms with Crippen LogP contribution in [0.25, 0.3) is 5.69 Å². The number of hydrogen-bond acceptors (Lipinski definition) is 6. The Balaban J connectivity index is 1.70. The van der Waals surface area contributed by atoms with Crippen LogP contribution in [0.3, 0.4) is 0 Å². The number of fused-ring (bicyclic) bond motifs is 1. The van der Waals surface area contributed by atoms with Crippen LogP contribution >= 0.6 is 0 Å². The van der Waals surface area contributed by atoms with E-state index in [9.17, 15) is 15.4 Å². The summed E-state index contributed by atoms with van der Waals surface area (Å²) < 4.78 is 0. The Morgan fingerprint density at radius 3 is 2.69 bits per heavy atom. The molecule has 2 aromatic carbocycles. The van der Waals surface area contributed by atoms with Gasteiger partial charge in [-0.05, 0) is 23.6 Å². The molecule has 0 aliphatic carbocycles.